The molecule has 0 aliphatic rings. The second-order valence-electron chi connectivity index (χ2n) is 4.72. The summed E-state index contributed by atoms with van der Waals surface area (Å²) in [5.74, 6) is 0.264. The summed E-state index contributed by atoms with van der Waals surface area (Å²) in [6.07, 6.45) is 0. The van der Waals surface area contributed by atoms with Crippen molar-refractivity contribution in [2.45, 2.75) is 27.7 Å². The fourth-order valence-electron chi connectivity index (χ4n) is 1.24. The third-order valence-corrected chi connectivity index (χ3v) is 3.47. The van der Waals surface area contributed by atoms with Crippen LogP contribution in [0.4, 0.5) is 5.69 Å². The molecule has 1 aromatic carbocycles. The summed E-state index contributed by atoms with van der Waals surface area (Å²) in [5.41, 5.74) is 2.59. The van der Waals surface area contributed by atoms with Gasteiger partial charge in [-0.05, 0) is 44.9 Å². The van der Waals surface area contributed by atoms with Gasteiger partial charge in [-0.25, -0.2) is 0 Å². The largest absolute Gasteiger partial charge is 0.325 e. The summed E-state index contributed by atoms with van der Waals surface area (Å²) >= 11 is 5.76. The van der Waals surface area contributed by atoms with E-state index in [4.69, 9.17) is 11.6 Å². The Hall–Kier alpha value is -1.02. The van der Waals surface area contributed by atoms with E-state index in [1.807, 2.05) is 45.9 Å². The third kappa shape index (κ3) is 2.76. The van der Waals surface area contributed by atoms with Crippen LogP contribution in [0.25, 0.3) is 0 Å². The molecule has 0 bridgehead atoms. The molecule has 0 saturated heterocycles. The van der Waals surface area contributed by atoms with E-state index in [1.54, 1.807) is 0 Å². The molecule has 0 heterocycles. The van der Waals surface area contributed by atoms with E-state index in [0.717, 1.165) is 11.3 Å². The van der Waals surface area contributed by atoms with Crippen molar-refractivity contribution in [3.8, 4) is 0 Å². The molecule has 1 aromatic rings. The van der Waals surface area contributed by atoms with Gasteiger partial charge in [0.1, 0.15) is 0 Å². The van der Waals surface area contributed by atoms with Gasteiger partial charge in [-0.2, -0.15) is 0 Å². The number of rotatable bonds is 3. The molecule has 0 fully saturated rings. The molecular weight excluding hydrogens is 222 g/mol. The van der Waals surface area contributed by atoms with Crippen molar-refractivity contribution in [3.63, 3.8) is 0 Å². The zero-order chi connectivity index (χ0) is 12.3. The van der Waals surface area contributed by atoms with Gasteiger partial charge >= 0.3 is 0 Å². The highest BCUT2D eigenvalue weighted by Crippen LogP contribution is 2.23. The highest BCUT2D eigenvalue weighted by atomic mass is 35.5. The number of anilines is 1. The maximum absolute atomic E-state index is 11.9. The van der Waals surface area contributed by atoms with Crippen LogP contribution in [0.2, 0.25) is 0 Å². The zero-order valence-electron chi connectivity index (χ0n) is 10.2. The quantitative estimate of drug-likeness (QED) is 0.804. The van der Waals surface area contributed by atoms with Crippen LogP contribution in [0.5, 0.6) is 0 Å². The number of benzene rings is 1. The monoisotopic (exact) mass is 239 g/mol. The van der Waals surface area contributed by atoms with Crippen molar-refractivity contribution in [2.24, 2.45) is 5.41 Å². The Kier molecular flexibility index (Phi) is 3.98. The van der Waals surface area contributed by atoms with Crippen LogP contribution in [0.3, 0.4) is 0 Å². The van der Waals surface area contributed by atoms with Crippen molar-refractivity contribution < 1.29 is 4.79 Å². The molecule has 0 aromatic heterocycles. The first-order valence-corrected chi connectivity index (χ1v) is 5.85. The molecule has 16 heavy (non-hydrogen) atoms. The van der Waals surface area contributed by atoms with E-state index in [9.17, 15) is 4.79 Å². The minimum absolute atomic E-state index is 0.0452. The summed E-state index contributed by atoms with van der Waals surface area (Å²) in [4.78, 5) is 11.9. The minimum atomic E-state index is -0.544. The smallest absolute Gasteiger partial charge is 0.231 e. The fourth-order valence-corrected chi connectivity index (χ4v) is 1.36. The van der Waals surface area contributed by atoms with Gasteiger partial charge in [0.2, 0.25) is 5.91 Å². The topological polar surface area (TPSA) is 29.1 Å². The average molecular weight is 240 g/mol. The van der Waals surface area contributed by atoms with Crippen molar-refractivity contribution in [3.05, 3.63) is 29.3 Å². The van der Waals surface area contributed by atoms with E-state index in [-0.39, 0.29) is 5.91 Å². The zero-order valence-corrected chi connectivity index (χ0v) is 11.0. The lowest BCUT2D eigenvalue weighted by atomic mass is 9.95. The number of nitrogens with one attached hydrogen (secondary N) is 1. The normalized spacial score (nSPS) is 11.3. The number of alkyl halides is 1. The van der Waals surface area contributed by atoms with Gasteiger partial charge in [0.15, 0.2) is 0 Å². The summed E-state index contributed by atoms with van der Waals surface area (Å²) < 4.78 is 0. The molecule has 0 atom stereocenters. The lowest BCUT2D eigenvalue weighted by molar-refractivity contribution is -0.122. The van der Waals surface area contributed by atoms with Crippen LogP contribution in [0.1, 0.15) is 25.0 Å². The maximum atomic E-state index is 11.9. The number of carbonyl (C=O) groups is 1. The Labute approximate surface area is 102 Å². The molecule has 2 nitrogen and oxygen atoms in total. The van der Waals surface area contributed by atoms with Gasteiger partial charge in [0.05, 0.1) is 5.41 Å². The molecule has 0 unspecified atom stereocenters. The second kappa shape index (κ2) is 4.88. The van der Waals surface area contributed by atoms with Crippen molar-refractivity contribution in [2.75, 3.05) is 11.2 Å². The number of carbonyl (C=O) groups excluding carboxylic acids is 1. The van der Waals surface area contributed by atoms with E-state index >= 15 is 0 Å². The molecule has 1 amide bonds. The summed E-state index contributed by atoms with van der Waals surface area (Å²) in [7, 11) is 0. The van der Waals surface area contributed by atoms with Crippen molar-refractivity contribution in [1.82, 2.24) is 0 Å². The van der Waals surface area contributed by atoms with Crippen LogP contribution in [0, 0.1) is 19.3 Å². The van der Waals surface area contributed by atoms with E-state index in [2.05, 4.69) is 5.32 Å². The number of amides is 1. The van der Waals surface area contributed by atoms with Gasteiger partial charge in [-0.3, -0.25) is 4.79 Å². The van der Waals surface area contributed by atoms with Crippen LogP contribution < -0.4 is 5.32 Å². The predicted molar refractivity (Wildman–Crippen MR) is 69.0 cm³/mol. The average Bonchev–Trinajstić information content (AvgIpc) is 2.24. The van der Waals surface area contributed by atoms with Gasteiger partial charge in [0, 0.05) is 11.6 Å². The molecule has 88 valence electrons. The highest BCUT2D eigenvalue weighted by molar-refractivity contribution is 6.20. The van der Waals surface area contributed by atoms with Crippen LogP contribution in [-0.4, -0.2) is 11.8 Å². The van der Waals surface area contributed by atoms with Crippen LogP contribution >= 0.6 is 11.6 Å². The standard InChI is InChI=1S/C13H18ClNO/c1-9-6-5-7-11(10(9)2)15-12(16)13(3,4)8-14/h5-7H,8H2,1-4H3,(H,15,16). The number of aryl methyl sites for hydroxylation is 1. The van der Waals surface area contributed by atoms with Crippen LogP contribution in [-0.2, 0) is 4.79 Å². The summed E-state index contributed by atoms with van der Waals surface area (Å²) in [5, 5.41) is 2.92. The minimum Gasteiger partial charge on any atom is -0.325 e. The molecule has 0 radical (unpaired) electrons. The Balaban J connectivity index is 2.90. The fraction of sp³-hybridized carbons (Fsp3) is 0.462. The lowest BCUT2D eigenvalue weighted by Gasteiger charge is -2.21. The number of hydrogen-bond acceptors (Lipinski definition) is 1. The third-order valence-electron chi connectivity index (χ3n) is 2.80. The maximum Gasteiger partial charge on any atom is 0.231 e. The van der Waals surface area contributed by atoms with Crippen LogP contribution in [0.15, 0.2) is 18.2 Å². The number of halogens is 1. The highest BCUT2D eigenvalue weighted by Gasteiger charge is 2.26. The Morgan fingerprint density at radius 1 is 1.38 bits per heavy atom. The molecule has 0 saturated carbocycles. The van der Waals surface area contributed by atoms with E-state index in [1.165, 1.54) is 5.56 Å². The summed E-state index contributed by atoms with van der Waals surface area (Å²) in [6.45, 7) is 7.69. The Bertz CT molecular complexity index is 399. The molecule has 1 rings (SSSR count). The first-order chi connectivity index (χ1) is 7.38. The second-order valence-corrected chi connectivity index (χ2v) is 4.99. The van der Waals surface area contributed by atoms with Gasteiger partial charge < -0.3 is 5.32 Å². The summed E-state index contributed by atoms with van der Waals surface area (Å²) in [6, 6.07) is 5.87. The van der Waals surface area contributed by atoms with E-state index in [0.29, 0.717) is 5.88 Å². The predicted octanol–water partition coefficient (Wildman–Crippen LogP) is 3.51. The Morgan fingerprint density at radius 2 is 2.00 bits per heavy atom. The molecular formula is C13H18ClNO. The number of hydrogen-bond donors (Lipinski definition) is 1. The molecule has 3 heteroatoms. The SMILES string of the molecule is Cc1cccc(NC(=O)C(C)(C)CCl)c1C. The molecule has 0 aliphatic carbocycles. The van der Waals surface area contributed by atoms with E-state index < -0.39 is 5.41 Å². The lowest BCUT2D eigenvalue weighted by Crippen LogP contribution is -2.32. The molecule has 1 N–H and O–H groups in total. The van der Waals surface area contributed by atoms with Crippen molar-refractivity contribution in [1.29, 1.82) is 0 Å². The first kappa shape index (κ1) is 13.0. The van der Waals surface area contributed by atoms with Gasteiger partial charge in [-0.15, -0.1) is 11.6 Å². The van der Waals surface area contributed by atoms with Gasteiger partial charge in [-0.1, -0.05) is 12.1 Å². The molecule has 0 spiro atoms. The van der Waals surface area contributed by atoms with Gasteiger partial charge in [0.25, 0.3) is 0 Å². The Morgan fingerprint density at radius 3 is 2.56 bits per heavy atom. The molecule has 0 aliphatic heterocycles. The van der Waals surface area contributed by atoms with Crippen molar-refractivity contribution >= 4 is 23.2 Å². The first-order valence-electron chi connectivity index (χ1n) is 5.32.